The van der Waals surface area contributed by atoms with Gasteiger partial charge >= 0.3 is 5.97 Å². The highest BCUT2D eigenvalue weighted by Crippen LogP contribution is 2.29. The molecule has 1 aromatic rings. The summed E-state index contributed by atoms with van der Waals surface area (Å²) < 4.78 is 0. The first-order valence-corrected chi connectivity index (χ1v) is 5.77. The van der Waals surface area contributed by atoms with Crippen molar-refractivity contribution in [2.24, 2.45) is 0 Å². The van der Waals surface area contributed by atoms with E-state index in [1.807, 2.05) is 6.92 Å². The zero-order valence-corrected chi connectivity index (χ0v) is 9.33. The van der Waals surface area contributed by atoms with E-state index in [9.17, 15) is 4.79 Å². The van der Waals surface area contributed by atoms with Crippen LogP contribution < -0.4 is 4.90 Å². The van der Waals surface area contributed by atoms with Gasteiger partial charge in [0.25, 0.3) is 0 Å². The molecule has 0 aromatic carbocycles. The standard InChI is InChI=1S/C9H13N3O2S/c1-6-10-11-9(15-6)12-4-2-3-7(12)5-8(13)14/h7H,2-5H2,1H3,(H,13,14). The minimum atomic E-state index is -0.742. The van der Waals surface area contributed by atoms with Gasteiger partial charge in [-0.2, -0.15) is 0 Å². The van der Waals surface area contributed by atoms with E-state index in [4.69, 9.17) is 5.11 Å². The van der Waals surface area contributed by atoms with Gasteiger partial charge in [-0.1, -0.05) is 11.3 Å². The zero-order chi connectivity index (χ0) is 10.8. The number of hydrogen-bond donors (Lipinski definition) is 1. The molecule has 1 atom stereocenters. The van der Waals surface area contributed by atoms with Crippen molar-refractivity contribution in [2.45, 2.75) is 32.2 Å². The van der Waals surface area contributed by atoms with Gasteiger partial charge in [-0.15, -0.1) is 10.2 Å². The number of aryl methyl sites for hydroxylation is 1. The van der Waals surface area contributed by atoms with E-state index in [-0.39, 0.29) is 12.5 Å². The van der Waals surface area contributed by atoms with Gasteiger partial charge in [0, 0.05) is 12.6 Å². The molecule has 0 aliphatic carbocycles. The predicted molar refractivity (Wildman–Crippen MR) is 57.3 cm³/mol. The number of anilines is 1. The van der Waals surface area contributed by atoms with Gasteiger partial charge in [-0.25, -0.2) is 0 Å². The molecule has 0 radical (unpaired) electrons. The van der Waals surface area contributed by atoms with Crippen molar-refractivity contribution in [3.05, 3.63) is 5.01 Å². The highest BCUT2D eigenvalue weighted by molar-refractivity contribution is 7.15. The van der Waals surface area contributed by atoms with Crippen LogP contribution >= 0.6 is 11.3 Å². The highest BCUT2D eigenvalue weighted by Gasteiger charge is 2.28. The van der Waals surface area contributed by atoms with Gasteiger partial charge < -0.3 is 10.0 Å². The lowest BCUT2D eigenvalue weighted by Gasteiger charge is -2.21. The van der Waals surface area contributed by atoms with E-state index in [1.165, 1.54) is 11.3 Å². The predicted octanol–water partition coefficient (Wildman–Crippen LogP) is 1.29. The Kier molecular flexibility index (Phi) is 2.86. The van der Waals surface area contributed by atoms with Gasteiger partial charge in [-0.05, 0) is 19.8 Å². The number of carbonyl (C=O) groups is 1. The molecule has 82 valence electrons. The maximum Gasteiger partial charge on any atom is 0.305 e. The first kappa shape index (κ1) is 10.4. The molecule has 1 fully saturated rings. The Hall–Kier alpha value is -1.17. The molecule has 1 aromatic heterocycles. The fourth-order valence-corrected chi connectivity index (χ4v) is 2.69. The van der Waals surface area contributed by atoms with E-state index in [1.54, 1.807) is 0 Å². The monoisotopic (exact) mass is 227 g/mol. The van der Waals surface area contributed by atoms with Crippen LogP contribution in [0.25, 0.3) is 0 Å². The first-order valence-electron chi connectivity index (χ1n) is 4.95. The fourth-order valence-electron chi connectivity index (χ4n) is 1.90. The summed E-state index contributed by atoms with van der Waals surface area (Å²) in [6.07, 6.45) is 2.17. The van der Waals surface area contributed by atoms with Gasteiger partial charge in [0.1, 0.15) is 5.01 Å². The average molecular weight is 227 g/mol. The zero-order valence-electron chi connectivity index (χ0n) is 8.51. The van der Waals surface area contributed by atoms with Crippen molar-refractivity contribution in [2.75, 3.05) is 11.4 Å². The van der Waals surface area contributed by atoms with Crippen LogP contribution in [0.15, 0.2) is 0 Å². The van der Waals surface area contributed by atoms with Crippen LogP contribution in [-0.2, 0) is 4.79 Å². The molecule has 0 spiro atoms. The second-order valence-corrected chi connectivity index (χ2v) is 4.85. The molecule has 2 rings (SSSR count). The third-order valence-corrected chi connectivity index (χ3v) is 3.42. The molecule has 1 aliphatic heterocycles. The third-order valence-electron chi connectivity index (χ3n) is 2.55. The van der Waals surface area contributed by atoms with E-state index < -0.39 is 5.97 Å². The molecule has 1 unspecified atom stereocenters. The molecule has 1 saturated heterocycles. The number of rotatable bonds is 3. The van der Waals surface area contributed by atoms with Crippen molar-refractivity contribution in [1.29, 1.82) is 0 Å². The minimum Gasteiger partial charge on any atom is -0.481 e. The summed E-state index contributed by atoms with van der Waals surface area (Å²) in [5, 5.41) is 18.6. The molecular formula is C9H13N3O2S. The second-order valence-electron chi connectivity index (χ2n) is 3.69. The summed E-state index contributed by atoms with van der Waals surface area (Å²) in [7, 11) is 0. The van der Waals surface area contributed by atoms with Crippen LogP contribution in [0, 0.1) is 6.92 Å². The van der Waals surface area contributed by atoms with Gasteiger partial charge in [-0.3, -0.25) is 4.79 Å². The average Bonchev–Trinajstić information content (AvgIpc) is 2.72. The second kappa shape index (κ2) is 4.14. The largest absolute Gasteiger partial charge is 0.481 e. The Balaban J connectivity index is 2.10. The van der Waals surface area contributed by atoms with Crippen molar-refractivity contribution >= 4 is 22.4 Å². The van der Waals surface area contributed by atoms with E-state index in [0.717, 1.165) is 29.5 Å². The summed E-state index contributed by atoms with van der Waals surface area (Å²) in [5.41, 5.74) is 0. The Labute approximate surface area is 91.7 Å². The molecule has 0 bridgehead atoms. The van der Waals surface area contributed by atoms with Crippen molar-refractivity contribution in [3.8, 4) is 0 Å². The summed E-state index contributed by atoms with van der Waals surface area (Å²) in [4.78, 5) is 12.7. The topological polar surface area (TPSA) is 66.3 Å². The number of aliphatic carboxylic acids is 1. The van der Waals surface area contributed by atoms with Crippen LogP contribution in [0.5, 0.6) is 0 Å². The van der Waals surface area contributed by atoms with E-state index in [0.29, 0.717) is 0 Å². The highest BCUT2D eigenvalue weighted by atomic mass is 32.1. The minimum absolute atomic E-state index is 0.0925. The van der Waals surface area contributed by atoms with Crippen molar-refractivity contribution < 1.29 is 9.90 Å². The molecule has 1 N–H and O–H groups in total. The maximum absolute atomic E-state index is 10.7. The smallest absolute Gasteiger partial charge is 0.305 e. The molecule has 0 saturated carbocycles. The molecule has 1 aliphatic rings. The molecule has 2 heterocycles. The SMILES string of the molecule is Cc1nnc(N2CCCC2CC(=O)O)s1. The quantitative estimate of drug-likeness (QED) is 0.842. The number of hydrogen-bond acceptors (Lipinski definition) is 5. The number of nitrogens with zero attached hydrogens (tertiary/aromatic N) is 3. The molecular weight excluding hydrogens is 214 g/mol. The molecule has 0 amide bonds. The molecule has 6 heteroatoms. The summed E-state index contributed by atoms with van der Waals surface area (Å²) in [6, 6.07) is 0.0925. The molecule has 15 heavy (non-hydrogen) atoms. The summed E-state index contributed by atoms with van der Waals surface area (Å²) in [6.45, 7) is 2.80. The Morgan fingerprint density at radius 1 is 1.67 bits per heavy atom. The third kappa shape index (κ3) is 2.26. The summed E-state index contributed by atoms with van der Waals surface area (Å²) in [5.74, 6) is -0.742. The van der Waals surface area contributed by atoms with Crippen LogP contribution in [0.2, 0.25) is 0 Å². The fraction of sp³-hybridized carbons (Fsp3) is 0.667. The lowest BCUT2D eigenvalue weighted by molar-refractivity contribution is -0.137. The first-order chi connectivity index (χ1) is 7.16. The van der Waals surface area contributed by atoms with Crippen LogP contribution in [-0.4, -0.2) is 33.9 Å². The Morgan fingerprint density at radius 2 is 2.47 bits per heavy atom. The van der Waals surface area contributed by atoms with Crippen LogP contribution in [0.4, 0.5) is 5.13 Å². The normalized spacial score (nSPS) is 20.9. The van der Waals surface area contributed by atoms with Gasteiger partial charge in [0.05, 0.1) is 6.42 Å². The summed E-state index contributed by atoms with van der Waals surface area (Å²) >= 11 is 1.53. The van der Waals surface area contributed by atoms with Crippen LogP contribution in [0.1, 0.15) is 24.3 Å². The van der Waals surface area contributed by atoms with Crippen molar-refractivity contribution in [3.63, 3.8) is 0 Å². The number of carboxylic acids is 1. The van der Waals surface area contributed by atoms with Crippen molar-refractivity contribution in [1.82, 2.24) is 10.2 Å². The van der Waals surface area contributed by atoms with Gasteiger partial charge in [0.15, 0.2) is 0 Å². The number of aromatic nitrogens is 2. The van der Waals surface area contributed by atoms with E-state index in [2.05, 4.69) is 15.1 Å². The maximum atomic E-state index is 10.7. The Morgan fingerprint density at radius 3 is 3.07 bits per heavy atom. The number of carboxylic acid groups (broad SMARTS) is 1. The lowest BCUT2D eigenvalue weighted by Crippen LogP contribution is -2.31. The van der Waals surface area contributed by atoms with Crippen LogP contribution in [0.3, 0.4) is 0 Å². The molecule has 5 nitrogen and oxygen atoms in total. The van der Waals surface area contributed by atoms with E-state index >= 15 is 0 Å². The Bertz CT molecular complexity index is 366. The lowest BCUT2D eigenvalue weighted by atomic mass is 10.1. The van der Waals surface area contributed by atoms with Gasteiger partial charge in [0.2, 0.25) is 5.13 Å².